The summed E-state index contributed by atoms with van der Waals surface area (Å²) in [6.07, 6.45) is 2.50. The van der Waals surface area contributed by atoms with Crippen LogP contribution in [0.4, 0.5) is 0 Å². The molecule has 16 heavy (non-hydrogen) atoms. The Morgan fingerprint density at radius 2 is 1.50 bits per heavy atom. The van der Waals surface area contributed by atoms with E-state index in [-0.39, 0.29) is 0 Å². The largest absolute Gasteiger partial charge is 0.0654 e. The highest BCUT2D eigenvalue weighted by molar-refractivity contribution is 5.26. The lowest BCUT2D eigenvalue weighted by atomic mass is 9.94. The molecule has 0 aliphatic heterocycles. The monoisotopic (exact) mass is 214 g/mol. The van der Waals surface area contributed by atoms with E-state index in [1.807, 2.05) is 0 Å². The van der Waals surface area contributed by atoms with Crippen LogP contribution < -0.4 is 0 Å². The zero-order valence-electron chi connectivity index (χ0n) is 10.6. The smallest absolute Gasteiger partial charge is 0.0188 e. The molecule has 0 aliphatic carbocycles. The first-order chi connectivity index (χ1) is 7.75. The van der Waals surface area contributed by atoms with Gasteiger partial charge in [-0.2, -0.15) is 0 Å². The zero-order chi connectivity index (χ0) is 11.8. The van der Waals surface area contributed by atoms with Crippen molar-refractivity contribution in [3.05, 3.63) is 59.7 Å². The number of aryl methyl sites for hydroxylation is 1. The first-order valence-corrected chi connectivity index (χ1v) is 6.14. The molecule has 0 spiro atoms. The molecule has 0 amide bonds. The highest BCUT2D eigenvalue weighted by Gasteiger charge is 2.04. The molecule has 0 fully saturated rings. The fourth-order valence-electron chi connectivity index (χ4n) is 1.98. The summed E-state index contributed by atoms with van der Waals surface area (Å²) in [6.45, 7) is 6.75. The van der Waals surface area contributed by atoms with Gasteiger partial charge in [-0.15, -0.1) is 0 Å². The van der Waals surface area contributed by atoms with Crippen LogP contribution in [-0.2, 0) is 0 Å². The van der Waals surface area contributed by atoms with Gasteiger partial charge in [0.25, 0.3) is 0 Å². The molecule has 0 radical (unpaired) electrons. The van der Waals surface area contributed by atoms with E-state index in [1.165, 1.54) is 24.0 Å². The lowest BCUT2D eigenvalue weighted by Crippen LogP contribution is -1.94. The highest BCUT2D eigenvalue weighted by atomic mass is 14.1. The highest BCUT2D eigenvalue weighted by Crippen LogP contribution is 2.21. The average molecular weight is 214 g/mol. The summed E-state index contributed by atoms with van der Waals surface area (Å²) in [5.74, 6) is 0.641. The van der Waals surface area contributed by atoms with Crippen LogP contribution in [0.1, 0.15) is 43.7 Å². The summed E-state index contributed by atoms with van der Waals surface area (Å²) in [4.78, 5) is 0. The second kappa shape index (κ2) is 7.05. The molecule has 0 nitrogen and oxygen atoms in total. The first-order valence-electron chi connectivity index (χ1n) is 6.14. The molecule has 86 valence electrons. The predicted molar refractivity (Wildman–Crippen MR) is 72.1 cm³/mol. The molecule has 1 aromatic carbocycles. The molecule has 0 saturated carbocycles. The Hall–Kier alpha value is -1.30. The van der Waals surface area contributed by atoms with E-state index in [4.69, 9.17) is 0 Å². The van der Waals surface area contributed by atoms with Gasteiger partial charge in [-0.1, -0.05) is 68.8 Å². The Balaban J connectivity index is 3.16. The van der Waals surface area contributed by atoms with Crippen LogP contribution in [0.15, 0.2) is 48.5 Å². The zero-order valence-corrected chi connectivity index (χ0v) is 10.6. The number of rotatable bonds is 3. The third kappa shape index (κ3) is 4.06. The molecule has 0 aliphatic rings. The quantitative estimate of drug-likeness (QED) is 0.662. The van der Waals surface area contributed by atoms with Crippen molar-refractivity contribution in [1.29, 1.82) is 0 Å². The van der Waals surface area contributed by atoms with Crippen LogP contribution in [0.5, 0.6) is 0 Å². The number of hydrogen-bond acceptors (Lipinski definition) is 0. The van der Waals surface area contributed by atoms with Gasteiger partial charge in [0.2, 0.25) is 0 Å². The molecule has 0 saturated heterocycles. The van der Waals surface area contributed by atoms with Crippen LogP contribution in [-0.4, -0.2) is 0 Å². The minimum Gasteiger partial charge on any atom is -0.0654 e. The summed E-state index contributed by atoms with van der Waals surface area (Å²) in [5, 5.41) is 0. The molecule has 0 bridgehead atoms. The van der Waals surface area contributed by atoms with Gasteiger partial charge < -0.3 is 0 Å². The van der Waals surface area contributed by atoms with Crippen molar-refractivity contribution < 1.29 is 0 Å². The van der Waals surface area contributed by atoms with E-state index >= 15 is 0 Å². The van der Waals surface area contributed by atoms with E-state index in [2.05, 4.69) is 69.3 Å². The molecule has 1 rings (SSSR count). The van der Waals surface area contributed by atoms with E-state index in [1.54, 1.807) is 0 Å². The molecule has 1 atom stereocenters. The Kier molecular flexibility index (Phi) is 5.63. The second-order valence-corrected chi connectivity index (χ2v) is 4.32. The Morgan fingerprint density at radius 1 is 0.938 bits per heavy atom. The van der Waals surface area contributed by atoms with Crippen LogP contribution in [0.25, 0.3) is 0 Å². The number of hydrogen-bond donors (Lipinski definition) is 0. The van der Waals surface area contributed by atoms with Crippen molar-refractivity contribution in [1.82, 2.24) is 0 Å². The Morgan fingerprint density at radius 3 is 2.12 bits per heavy atom. The fourth-order valence-corrected chi connectivity index (χ4v) is 1.98. The lowest BCUT2D eigenvalue weighted by Gasteiger charge is -2.11. The molecule has 0 aromatic heterocycles. The molecular formula is C16H22. The van der Waals surface area contributed by atoms with Crippen LogP contribution in [0.2, 0.25) is 0 Å². The maximum atomic E-state index is 2.31. The molecule has 1 aromatic rings. The van der Waals surface area contributed by atoms with Gasteiger partial charge in [0.05, 0.1) is 0 Å². The lowest BCUT2D eigenvalue weighted by molar-refractivity contribution is 0.662. The van der Waals surface area contributed by atoms with Crippen LogP contribution in [0, 0.1) is 6.92 Å². The van der Waals surface area contributed by atoms with E-state index in [9.17, 15) is 0 Å². The van der Waals surface area contributed by atoms with E-state index in [0.717, 1.165) is 0 Å². The van der Waals surface area contributed by atoms with Gasteiger partial charge in [0.1, 0.15) is 0 Å². The van der Waals surface area contributed by atoms with Crippen molar-refractivity contribution in [2.75, 3.05) is 0 Å². The van der Waals surface area contributed by atoms with Crippen molar-refractivity contribution in [3.8, 4) is 0 Å². The van der Waals surface area contributed by atoms with Crippen molar-refractivity contribution in [2.24, 2.45) is 0 Å². The van der Waals surface area contributed by atoms with Gasteiger partial charge in [-0.3, -0.25) is 0 Å². The van der Waals surface area contributed by atoms with Gasteiger partial charge in [0, 0.05) is 0 Å². The van der Waals surface area contributed by atoms with Gasteiger partial charge in [-0.25, -0.2) is 0 Å². The first kappa shape index (κ1) is 12.8. The van der Waals surface area contributed by atoms with Gasteiger partial charge in [-0.05, 0) is 30.4 Å². The summed E-state index contributed by atoms with van der Waals surface area (Å²) < 4.78 is 0. The molecule has 1 unspecified atom stereocenters. The Labute approximate surface area is 99.7 Å². The van der Waals surface area contributed by atoms with Gasteiger partial charge in [0.15, 0.2) is 0 Å². The average Bonchev–Trinajstić information content (AvgIpc) is 2.27. The predicted octanol–water partition coefficient (Wildman–Crippen LogP) is 5.02. The maximum Gasteiger partial charge on any atom is -0.0188 e. The van der Waals surface area contributed by atoms with Gasteiger partial charge >= 0.3 is 0 Å². The summed E-state index contributed by atoms with van der Waals surface area (Å²) in [5.41, 5.74) is 2.83. The minimum absolute atomic E-state index is 0.641. The summed E-state index contributed by atoms with van der Waals surface area (Å²) >= 11 is 0. The minimum atomic E-state index is 0.641. The molecular weight excluding hydrogens is 192 g/mol. The summed E-state index contributed by atoms with van der Waals surface area (Å²) in [7, 11) is 0. The van der Waals surface area contributed by atoms with Crippen LogP contribution in [0.3, 0.4) is 0 Å². The fraction of sp³-hybridized carbons (Fsp3) is 0.375. The standard InChI is InChI=1S/C16H22/c1-4-11-14(2)16-13-10-8-6-5-7-9-12-15(16)3/h5-10,12-14H,4,11H2,1-3H3. The molecule has 0 N–H and O–H groups in total. The normalized spacial score (nSPS) is 11.7. The third-order valence-electron chi connectivity index (χ3n) is 2.89. The van der Waals surface area contributed by atoms with Crippen molar-refractivity contribution in [2.45, 2.75) is 39.5 Å². The van der Waals surface area contributed by atoms with Crippen molar-refractivity contribution >= 4 is 0 Å². The topological polar surface area (TPSA) is 0 Å². The summed E-state index contributed by atoms with van der Waals surface area (Å²) in [6, 6.07) is 16.9. The Bertz CT molecular complexity index is 364. The third-order valence-corrected chi connectivity index (χ3v) is 2.89. The van der Waals surface area contributed by atoms with Crippen molar-refractivity contribution in [3.63, 3.8) is 0 Å². The SMILES string of the molecule is CCCC(C)c1ccccccccc1C. The molecule has 0 heterocycles. The molecule has 0 heteroatoms. The van der Waals surface area contributed by atoms with Crippen LogP contribution >= 0.6 is 0 Å². The van der Waals surface area contributed by atoms with E-state index < -0.39 is 0 Å². The van der Waals surface area contributed by atoms with E-state index in [0.29, 0.717) is 5.92 Å². The second-order valence-electron chi connectivity index (χ2n) is 4.32. The maximum absolute atomic E-state index is 2.31.